The van der Waals surface area contributed by atoms with Crippen LogP contribution in [0.4, 0.5) is 5.69 Å². The Morgan fingerprint density at radius 3 is 2.43 bits per heavy atom. The number of carbonyl (C=O) groups is 2. The molecule has 0 aliphatic carbocycles. The summed E-state index contributed by atoms with van der Waals surface area (Å²) in [6.45, 7) is 7.76. The SMILES string of the molecule is CC(C)(C)c1noc(CCC(=O)Nc2ccc(CC(=O)N3CCCC3)cc2)n1. The molecule has 1 aromatic carbocycles. The number of anilines is 1. The predicted octanol–water partition coefficient (Wildman–Crippen LogP) is 3.10. The Bertz CT molecular complexity index is 815. The Hall–Kier alpha value is -2.70. The molecule has 28 heavy (non-hydrogen) atoms. The molecule has 0 bridgehead atoms. The zero-order valence-corrected chi connectivity index (χ0v) is 16.8. The summed E-state index contributed by atoms with van der Waals surface area (Å²) in [4.78, 5) is 30.6. The lowest BCUT2D eigenvalue weighted by atomic mass is 9.96. The van der Waals surface area contributed by atoms with E-state index in [2.05, 4.69) is 15.5 Å². The number of nitrogens with one attached hydrogen (secondary N) is 1. The van der Waals surface area contributed by atoms with Gasteiger partial charge in [-0.25, -0.2) is 0 Å². The molecule has 0 saturated carbocycles. The highest BCUT2D eigenvalue weighted by Crippen LogP contribution is 2.19. The van der Waals surface area contributed by atoms with Crippen LogP contribution in [0.3, 0.4) is 0 Å². The maximum Gasteiger partial charge on any atom is 0.227 e. The van der Waals surface area contributed by atoms with E-state index in [1.165, 1.54) is 0 Å². The second-order valence-corrected chi connectivity index (χ2v) is 8.27. The fourth-order valence-corrected chi connectivity index (χ4v) is 3.06. The van der Waals surface area contributed by atoms with E-state index in [4.69, 9.17) is 4.52 Å². The molecule has 7 heteroatoms. The number of hydrogen-bond donors (Lipinski definition) is 1. The van der Waals surface area contributed by atoms with Gasteiger partial charge < -0.3 is 14.7 Å². The standard InChI is InChI=1S/C21H28N4O3/c1-21(2,3)20-23-18(28-24-20)11-10-17(26)22-16-8-6-15(7-9-16)14-19(27)25-12-4-5-13-25/h6-9H,4-5,10-14H2,1-3H3,(H,22,26). The van der Waals surface area contributed by atoms with Gasteiger partial charge in [0.15, 0.2) is 5.82 Å². The molecule has 0 atom stereocenters. The van der Waals surface area contributed by atoms with E-state index in [1.807, 2.05) is 49.9 Å². The highest BCUT2D eigenvalue weighted by Gasteiger charge is 2.21. The molecule has 150 valence electrons. The summed E-state index contributed by atoms with van der Waals surface area (Å²) in [5.41, 5.74) is 1.49. The number of carbonyl (C=O) groups excluding carboxylic acids is 2. The monoisotopic (exact) mass is 384 g/mol. The second-order valence-electron chi connectivity index (χ2n) is 8.27. The second kappa shape index (κ2) is 8.54. The molecule has 1 N–H and O–H groups in total. The van der Waals surface area contributed by atoms with Crippen LogP contribution in [0, 0.1) is 0 Å². The molecular weight excluding hydrogens is 356 g/mol. The quantitative estimate of drug-likeness (QED) is 0.827. The third kappa shape index (κ3) is 5.41. The summed E-state index contributed by atoms with van der Waals surface area (Å²) in [6.07, 6.45) is 3.26. The molecule has 1 fully saturated rings. The van der Waals surface area contributed by atoms with Crippen LogP contribution in [0.5, 0.6) is 0 Å². The Kier molecular flexibility index (Phi) is 6.11. The Balaban J connectivity index is 1.46. The van der Waals surface area contributed by atoms with Gasteiger partial charge >= 0.3 is 0 Å². The molecule has 2 aromatic rings. The van der Waals surface area contributed by atoms with Crippen LogP contribution in [0.25, 0.3) is 0 Å². The Morgan fingerprint density at radius 2 is 1.82 bits per heavy atom. The number of likely N-dealkylation sites (tertiary alicyclic amines) is 1. The van der Waals surface area contributed by atoms with Crippen molar-refractivity contribution < 1.29 is 14.1 Å². The van der Waals surface area contributed by atoms with Crippen LogP contribution in [0.15, 0.2) is 28.8 Å². The highest BCUT2D eigenvalue weighted by atomic mass is 16.5. The van der Waals surface area contributed by atoms with Crippen LogP contribution in [0.1, 0.15) is 57.3 Å². The van der Waals surface area contributed by atoms with Crippen molar-refractivity contribution in [2.24, 2.45) is 0 Å². The first-order valence-corrected chi connectivity index (χ1v) is 9.81. The summed E-state index contributed by atoms with van der Waals surface area (Å²) >= 11 is 0. The van der Waals surface area contributed by atoms with Crippen LogP contribution in [-0.4, -0.2) is 39.9 Å². The normalized spacial score (nSPS) is 14.3. The smallest absolute Gasteiger partial charge is 0.227 e. The first-order chi connectivity index (χ1) is 13.3. The van der Waals surface area contributed by atoms with E-state index in [0.29, 0.717) is 30.2 Å². The first-order valence-electron chi connectivity index (χ1n) is 9.81. The number of rotatable bonds is 6. The number of nitrogens with zero attached hydrogens (tertiary/aromatic N) is 3. The Labute approximate surface area is 165 Å². The molecule has 2 heterocycles. The van der Waals surface area contributed by atoms with E-state index in [1.54, 1.807) is 0 Å². The average Bonchev–Trinajstić information content (AvgIpc) is 3.33. The summed E-state index contributed by atoms with van der Waals surface area (Å²) in [6, 6.07) is 7.43. The predicted molar refractivity (Wildman–Crippen MR) is 106 cm³/mol. The van der Waals surface area contributed by atoms with Crippen LogP contribution >= 0.6 is 0 Å². The van der Waals surface area contributed by atoms with E-state index < -0.39 is 0 Å². The van der Waals surface area contributed by atoms with Gasteiger partial charge in [0, 0.05) is 37.0 Å². The summed E-state index contributed by atoms with van der Waals surface area (Å²) in [5, 5.41) is 6.82. The van der Waals surface area contributed by atoms with Crippen LogP contribution in [-0.2, 0) is 27.8 Å². The molecule has 0 unspecified atom stereocenters. The Morgan fingerprint density at radius 1 is 1.14 bits per heavy atom. The number of aromatic nitrogens is 2. The van der Waals surface area contributed by atoms with Gasteiger partial charge in [-0.1, -0.05) is 38.1 Å². The number of aryl methyl sites for hydroxylation is 1. The zero-order valence-electron chi connectivity index (χ0n) is 16.8. The molecular formula is C21H28N4O3. The lowest BCUT2D eigenvalue weighted by Gasteiger charge is -2.15. The van der Waals surface area contributed by atoms with Crippen molar-refractivity contribution in [2.75, 3.05) is 18.4 Å². The number of benzene rings is 1. The van der Waals surface area contributed by atoms with Gasteiger partial charge in [-0.05, 0) is 30.5 Å². The molecule has 7 nitrogen and oxygen atoms in total. The minimum Gasteiger partial charge on any atom is -0.342 e. The van der Waals surface area contributed by atoms with Gasteiger partial charge in [0.05, 0.1) is 6.42 Å². The zero-order chi connectivity index (χ0) is 20.1. The lowest BCUT2D eigenvalue weighted by molar-refractivity contribution is -0.129. The van der Waals surface area contributed by atoms with Crippen molar-refractivity contribution in [1.82, 2.24) is 15.0 Å². The lowest BCUT2D eigenvalue weighted by Crippen LogP contribution is -2.29. The number of amides is 2. The van der Waals surface area contributed by atoms with Crippen molar-refractivity contribution in [2.45, 2.75) is 58.3 Å². The van der Waals surface area contributed by atoms with Gasteiger partial charge in [-0.2, -0.15) is 4.98 Å². The van der Waals surface area contributed by atoms with E-state index in [-0.39, 0.29) is 23.7 Å². The van der Waals surface area contributed by atoms with Crippen molar-refractivity contribution >= 4 is 17.5 Å². The molecule has 0 spiro atoms. The van der Waals surface area contributed by atoms with E-state index in [9.17, 15) is 9.59 Å². The summed E-state index contributed by atoms with van der Waals surface area (Å²) in [7, 11) is 0. The molecule has 2 amide bonds. The van der Waals surface area contributed by atoms with E-state index in [0.717, 1.165) is 31.5 Å². The van der Waals surface area contributed by atoms with Gasteiger partial charge in [0.25, 0.3) is 0 Å². The van der Waals surface area contributed by atoms with Crippen molar-refractivity contribution in [1.29, 1.82) is 0 Å². The molecule has 1 aliphatic heterocycles. The third-order valence-electron chi connectivity index (χ3n) is 4.76. The highest BCUT2D eigenvalue weighted by molar-refractivity contribution is 5.90. The molecule has 3 rings (SSSR count). The first kappa shape index (κ1) is 20.0. The van der Waals surface area contributed by atoms with E-state index >= 15 is 0 Å². The maximum atomic E-state index is 12.2. The minimum atomic E-state index is -0.179. The average molecular weight is 384 g/mol. The fraction of sp³-hybridized carbons (Fsp3) is 0.524. The summed E-state index contributed by atoms with van der Waals surface area (Å²) < 4.78 is 5.21. The van der Waals surface area contributed by atoms with Gasteiger partial charge in [0.1, 0.15) is 0 Å². The third-order valence-corrected chi connectivity index (χ3v) is 4.76. The molecule has 0 radical (unpaired) electrons. The van der Waals surface area contributed by atoms with Crippen molar-refractivity contribution in [3.05, 3.63) is 41.5 Å². The van der Waals surface area contributed by atoms with Crippen molar-refractivity contribution in [3.8, 4) is 0 Å². The fourth-order valence-electron chi connectivity index (χ4n) is 3.06. The summed E-state index contributed by atoms with van der Waals surface area (Å²) in [5.74, 6) is 1.16. The maximum absolute atomic E-state index is 12.2. The molecule has 1 saturated heterocycles. The van der Waals surface area contributed by atoms with Gasteiger partial charge in [-0.15, -0.1) is 0 Å². The van der Waals surface area contributed by atoms with Crippen LogP contribution < -0.4 is 5.32 Å². The number of hydrogen-bond acceptors (Lipinski definition) is 5. The largest absolute Gasteiger partial charge is 0.342 e. The topological polar surface area (TPSA) is 88.3 Å². The molecule has 1 aromatic heterocycles. The van der Waals surface area contributed by atoms with Gasteiger partial charge in [0.2, 0.25) is 17.7 Å². The minimum absolute atomic E-state index is 0.114. The molecule has 1 aliphatic rings. The van der Waals surface area contributed by atoms with Crippen molar-refractivity contribution in [3.63, 3.8) is 0 Å². The van der Waals surface area contributed by atoms with Crippen LogP contribution in [0.2, 0.25) is 0 Å². The van der Waals surface area contributed by atoms with Gasteiger partial charge in [-0.3, -0.25) is 9.59 Å².